The van der Waals surface area contributed by atoms with Gasteiger partial charge in [-0.1, -0.05) is 28.1 Å². The zero-order chi connectivity index (χ0) is 13.9. The number of benzene rings is 1. The minimum Gasteiger partial charge on any atom is -0.274 e. The maximum Gasteiger partial charge on any atom is 0.238 e. The van der Waals surface area contributed by atoms with Gasteiger partial charge in [-0.05, 0) is 48.9 Å². The Morgan fingerprint density at radius 1 is 0.900 bits per heavy atom. The molecule has 0 radical (unpaired) electrons. The van der Waals surface area contributed by atoms with E-state index < -0.39 is 0 Å². The summed E-state index contributed by atoms with van der Waals surface area (Å²) in [5, 5.41) is 0. The van der Waals surface area contributed by atoms with Crippen LogP contribution in [-0.2, 0) is 9.59 Å². The third kappa shape index (κ3) is 1.57. The number of fused-ring (bicyclic) bond motifs is 1. The lowest BCUT2D eigenvalue weighted by Gasteiger charge is -2.38. The highest BCUT2D eigenvalue weighted by molar-refractivity contribution is 9.10. The Morgan fingerprint density at radius 2 is 1.40 bits per heavy atom. The quantitative estimate of drug-likeness (QED) is 0.585. The van der Waals surface area contributed by atoms with E-state index in [1.807, 2.05) is 24.3 Å². The molecular formula is C16H14BrNO2. The summed E-state index contributed by atoms with van der Waals surface area (Å²) in [6, 6.07) is 7.38. The van der Waals surface area contributed by atoms with Gasteiger partial charge in [0, 0.05) is 4.47 Å². The van der Waals surface area contributed by atoms with Crippen LogP contribution >= 0.6 is 15.9 Å². The molecule has 4 heteroatoms. The second-order valence-electron chi connectivity index (χ2n) is 5.83. The van der Waals surface area contributed by atoms with Crippen molar-refractivity contribution in [1.29, 1.82) is 0 Å². The summed E-state index contributed by atoms with van der Waals surface area (Å²) in [6.07, 6.45) is 6.36. The normalized spacial score (nSPS) is 34.8. The van der Waals surface area contributed by atoms with E-state index in [1.165, 1.54) is 4.90 Å². The molecule has 5 rings (SSSR count). The summed E-state index contributed by atoms with van der Waals surface area (Å²) in [4.78, 5) is 26.8. The van der Waals surface area contributed by atoms with Crippen molar-refractivity contribution in [3.63, 3.8) is 0 Å². The Hall–Kier alpha value is -1.42. The molecule has 1 aromatic carbocycles. The van der Waals surface area contributed by atoms with Crippen LogP contribution < -0.4 is 4.90 Å². The summed E-state index contributed by atoms with van der Waals surface area (Å²) in [6.45, 7) is 0. The summed E-state index contributed by atoms with van der Waals surface area (Å²) in [5.41, 5.74) is 0.692. The topological polar surface area (TPSA) is 37.4 Å². The standard InChI is InChI=1S/C16H14BrNO2/c17-11-5-7-12(8-6-11)18-15(19)13-9-1-2-10(4-3-9)14(13)16(18)20/h1-2,5-10,13-14H,3-4H2/t9-,10+,13-,14+. The van der Waals surface area contributed by atoms with Gasteiger partial charge in [0.2, 0.25) is 11.8 Å². The maximum atomic E-state index is 12.7. The van der Waals surface area contributed by atoms with E-state index in [-0.39, 0.29) is 35.5 Å². The third-order valence-corrected chi connectivity index (χ3v) is 5.37. The summed E-state index contributed by atoms with van der Waals surface area (Å²) >= 11 is 3.38. The van der Waals surface area contributed by atoms with Gasteiger partial charge < -0.3 is 0 Å². The largest absolute Gasteiger partial charge is 0.274 e. The molecule has 3 nitrogen and oxygen atoms in total. The molecule has 102 valence electrons. The number of allylic oxidation sites excluding steroid dienone is 2. The third-order valence-electron chi connectivity index (χ3n) is 4.84. The molecule has 0 spiro atoms. The van der Waals surface area contributed by atoms with Gasteiger partial charge >= 0.3 is 0 Å². The molecule has 1 aliphatic heterocycles. The minimum atomic E-state index is -0.130. The molecule has 4 atom stereocenters. The zero-order valence-electron chi connectivity index (χ0n) is 10.8. The van der Waals surface area contributed by atoms with E-state index in [4.69, 9.17) is 0 Å². The van der Waals surface area contributed by atoms with Crippen molar-refractivity contribution in [3.8, 4) is 0 Å². The molecule has 3 aliphatic carbocycles. The Labute approximate surface area is 125 Å². The number of carbonyl (C=O) groups excluding carboxylic acids is 2. The van der Waals surface area contributed by atoms with Crippen molar-refractivity contribution in [2.45, 2.75) is 12.8 Å². The average Bonchev–Trinajstić information content (AvgIpc) is 2.76. The molecule has 0 unspecified atom stereocenters. The molecule has 1 saturated heterocycles. The van der Waals surface area contributed by atoms with Crippen LogP contribution in [0.4, 0.5) is 5.69 Å². The van der Waals surface area contributed by atoms with Crippen LogP contribution in [0.15, 0.2) is 40.9 Å². The van der Waals surface area contributed by atoms with Gasteiger partial charge in [0.1, 0.15) is 0 Å². The van der Waals surface area contributed by atoms with Crippen LogP contribution in [-0.4, -0.2) is 11.8 Å². The molecule has 0 N–H and O–H groups in total. The maximum absolute atomic E-state index is 12.7. The van der Waals surface area contributed by atoms with Crippen LogP contribution in [0.3, 0.4) is 0 Å². The van der Waals surface area contributed by atoms with Crippen molar-refractivity contribution in [1.82, 2.24) is 0 Å². The SMILES string of the molecule is O=C1[C@@H]2[C@H](C(=O)N1c1ccc(Br)cc1)[C@@H]1C=C[C@H]2CC1. The average molecular weight is 332 g/mol. The lowest BCUT2D eigenvalue weighted by molar-refractivity contribution is -0.124. The first-order valence-electron chi connectivity index (χ1n) is 6.98. The molecule has 4 aliphatic rings. The predicted octanol–water partition coefficient (Wildman–Crippen LogP) is 3.15. The first-order valence-corrected chi connectivity index (χ1v) is 7.78. The van der Waals surface area contributed by atoms with Gasteiger partial charge in [0.05, 0.1) is 17.5 Å². The molecule has 2 amide bonds. The molecule has 2 fully saturated rings. The number of rotatable bonds is 1. The number of halogens is 1. The molecular weight excluding hydrogens is 318 g/mol. The van der Waals surface area contributed by atoms with Crippen molar-refractivity contribution in [2.75, 3.05) is 4.90 Å². The fourth-order valence-corrected chi connectivity index (χ4v) is 4.18. The first kappa shape index (κ1) is 12.3. The van der Waals surface area contributed by atoms with Crippen LogP contribution in [0, 0.1) is 23.7 Å². The predicted molar refractivity (Wildman–Crippen MR) is 79.0 cm³/mol. The molecule has 0 aromatic heterocycles. The highest BCUT2D eigenvalue weighted by Crippen LogP contribution is 2.50. The van der Waals surface area contributed by atoms with Gasteiger partial charge in [-0.15, -0.1) is 0 Å². The zero-order valence-corrected chi connectivity index (χ0v) is 12.4. The number of amides is 2. The molecule has 1 aromatic rings. The second-order valence-corrected chi connectivity index (χ2v) is 6.75. The van der Waals surface area contributed by atoms with E-state index in [0.29, 0.717) is 5.69 Å². The van der Waals surface area contributed by atoms with Gasteiger partial charge in [-0.3, -0.25) is 14.5 Å². The van der Waals surface area contributed by atoms with Crippen molar-refractivity contribution in [2.24, 2.45) is 23.7 Å². The highest BCUT2D eigenvalue weighted by atomic mass is 79.9. The highest BCUT2D eigenvalue weighted by Gasteiger charge is 2.56. The Balaban J connectivity index is 1.75. The van der Waals surface area contributed by atoms with Gasteiger partial charge in [0.15, 0.2) is 0 Å². The van der Waals surface area contributed by atoms with E-state index in [9.17, 15) is 9.59 Å². The number of imide groups is 1. The Bertz CT molecular complexity index is 590. The fourth-order valence-electron chi connectivity index (χ4n) is 3.92. The van der Waals surface area contributed by atoms with E-state index >= 15 is 0 Å². The fraction of sp³-hybridized carbons (Fsp3) is 0.375. The minimum absolute atomic E-state index is 0.0126. The number of anilines is 1. The van der Waals surface area contributed by atoms with Crippen molar-refractivity contribution in [3.05, 3.63) is 40.9 Å². The second kappa shape index (κ2) is 4.29. The number of hydrogen-bond donors (Lipinski definition) is 0. The van der Waals surface area contributed by atoms with Crippen molar-refractivity contribution < 1.29 is 9.59 Å². The van der Waals surface area contributed by atoms with Gasteiger partial charge in [-0.2, -0.15) is 0 Å². The summed E-state index contributed by atoms with van der Waals surface area (Å²) in [7, 11) is 0. The number of hydrogen-bond acceptors (Lipinski definition) is 2. The molecule has 1 saturated carbocycles. The lowest BCUT2D eigenvalue weighted by Crippen LogP contribution is -2.38. The van der Waals surface area contributed by atoms with Gasteiger partial charge in [0.25, 0.3) is 0 Å². The van der Waals surface area contributed by atoms with E-state index in [2.05, 4.69) is 28.1 Å². The first-order chi connectivity index (χ1) is 9.66. The lowest BCUT2D eigenvalue weighted by atomic mass is 9.63. The number of carbonyl (C=O) groups is 2. The smallest absolute Gasteiger partial charge is 0.238 e. The van der Waals surface area contributed by atoms with Crippen molar-refractivity contribution >= 4 is 33.4 Å². The van der Waals surface area contributed by atoms with Gasteiger partial charge in [-0.25, -0.2) is 0 Å². The Morgan fingerprint density at radius 3 is 1.85 bits per heavy atom. The Kier molecular flexibility index (Phi) is 2.64. The molecule has 1 heterocycles. The van der Waals surface area contributed by atoms with E-state index in [1.54, 1.807) is 0 Å². The van der Waals surface area contributed by atoms with Crippen LogP contribution in [0.1, 0.15) is 12.8 Å². The van der Waals surface area contributed by atoms with Crippen LogP contribution in [0.5, 0.6) is 0 Å². The summed E-state index contributed by atoms with van der Waals surface area (Å²) < 4.78 is 0.944. The number of nitrogens with zero attached hydrogens (tertiary/aromatic N) is 1. The molecule has 2 bridgehead atoms. The molecule has 20 heavy (non-hydrogen) atoms. The van der Waals surface area contributed by atoms with E-state index in [0.717, 1.165) is 17.3 Å². The van der Waals surface area contributed by atoms with Crippen LogP contribution in [0.2, 0.25) is 0 Å². The van der Waals surface area contributed by atoms with Crippen LogP contribution in [0.25, 0.3) is 0 Å². The monoisotopic (exact) mass is 331 g/mol. The summed E-state index contributed by atoms with van der Waals surface area (Å²) in [5.74, 6) is 0.219.